The van der Waals surface area contributed by atoms with Crippen LogP contribution in [0.5, 0.6) is 0 Å². The van der Waals surface area contributed by atoms with Crippen molar-refractivity contribution in [2.24, 2.45) is 5.92 Å². The van der Waals surface area contributed by atoms with Crippen LogP contribution in [-0.2, 0) is 19.6 Å². The van der Waals surface area contributed by atoms with E-state index in [0.717, 1.165) is 44.2 Å². The van der Waals surface area contributed by atoms with Gasteiger partial charge in [0.15, 0.2) is 0 Å². The summed E-state index contributed by atoms with van der Waals surface area (Å²) < 4.78 is 7.28. The summed E-state index contributed by atoms with van der Waals surface area (Å²) in [5.41, 5.74) is 1.37. The van der Waals surface area contributed by atoms with Crippen molar-refractivity contribution in [2.45, 2.75) is 38.9 Å². The molecule has 5 rings (SSSR count). The summed E-state index contributed by atoms with van der Waals surface area (Å²) in [5, 5.41) is 13.7. The van der Waals surface area contributed by atoms with Crippen LogP contribution in [0.1, 0.15) is 45.0 Å². The zero-order valence-electron chi connectivity index (χ0n) is 15.8. The second-order valence-corrected chi connectivity index (χ2v) is 8.67. The molecule has 2 aliphatic rings. The van der Waals surface area contributed by atoms with Crippen molar-refractivity contribution >= 4 is 17.2 Å². The van der Waals surface area contributed by atoms with E-state index in [1.54, 1.807) is 6.26 Å². The second kappa shape index (κ2) is 7.18. The third-order valence-electron chi connectivity index (χ3n) is 5.89. The molecule has 1 fully saturated rings. The van der Waals surface area contributed by atoms with Crippen LogP contribution in [0.25, 0.3) is 0 Å². The van der Waals surface area contributed by atoms with Gasteiger partial charge in [-0.1, -0.05) is 0 Å². The lowest BCUT2D eigenvalue weighted by molar-refractivity contribution is 0.0931. The van der Waals surface area contributed by atoms with Gasteiger partial charge in [-0.05, 0) is 48.4 Å². The highest BCUT2D eigenvalue weighted by Crippen LogP contribution is 2.39. The zero-order chi connectivity index (χ0) is 19.1. The highest BCUT2D eigenvalue weighted by atomic mass is 32.1. The van der Waals surface area contributed by atoms with Crippen LogP contribution < -0.4 is 5.32 Å². The van der Waals surface area contributed by atoms with Crippen LogP contribution >= 0.6 is 11.3 Å². The van der Waals surface area contributed by atoms with Crippen molar-refractivity contribution in [2.75, 3.05) is 13.1 Å². The molecular weight excluding hydrogens is 374 g/mol. The maximum Gasteiger partial charge on any atom is 0.289 e. The first-order valence-electron chi connectivity index (χ1n) is 9.68. The van der Waals surface area contributed by atoms with E-state index in [-0.39, 0.29) is 5.91 Å². The molecule has 0 bridgehead atoms. The number of nitrogens with one attached hydrogen (secondary N) is 1. The summed E-state index contributed by atoms with van der Waals surface area (Å²) in [6, 6.07) is 5.84. The number of amides is 1. The molecule has 0 aliphatic carbocycles. The summed E-state index contributed by atoms with van der Waals surface area (Å²) in [6.45, 7) is 6.41. The largest absolute Gasteiger partial charge is 0.467 e. The molecule has 0 spiro atoms. The van der Waals surface area contributed by atoms with Crippen LogP contribution in [0, 0.1) is 12.8 Å². The summed E-state index contributed by atoms with van der Waals surface area (Å²) >= 11 is 1.83. The van der Waals surface area contributed by atoms with Crippen LogP contribution in [0.3, 0.4) is 0 Å². The Hall–Kier alpha value is -2.45. The molecule has 0 saturated carbocycles. The number of nitrogens with zero attached hydrogens (tertiary/aromatic N) is 4. The number of hydrogen-bond acceptors (Lipinski definition) is 6. The third kappa shape index (κ3) is 3.16. The van der Waals surface area contributed by atoms with E-state index in [1.165, 1.54) is 10.4 Å². The molecular formula is C20H23N5O2S. The Kier molecular flexibility index (Phi) is 4.52. The Morgan fingerprint density at radius 2 is 2.29 bits per heavy atom. The number of carbonyl (C=O) groups is 1. The number of furan rings is 1. The van der Waals surface area contributed by atoms with Crippen molar-refractivity contribution in [3.8, 4) is 0 Å². The van der Waals surface area contributed by atoms with Gasteiger partial charge in [-0.15, -0.1) is 21.5 Å². The number of thiophene rings is 1. The average Bonchev–Trinajstić information content (AvgIpc) is 3.47. The van der Waals surface area contributed by atoms with E-state index < -0.39 is 0 Å². The molecule has 3 aromatic rings. The van der Waals surface area contributed by atoms with Crippen LogP contribution in [0.2, 0.25) is 0 Å². The number of hydrogen-bond donors (Lipinski definition) is 1. The number of likely N-dealkylation sites (tertiary alicyclic amines) is 1. The quantitative estimate of drug-likeness (QED) is 0.716. The van der Waals surface area contributed by atoms with E-state index in [9.17, 15) is 4.79 Å². The Morgan fingerprint density at radius 3 is 3.07 bits per heavy atom. The van der Waals surface area contributed by atoms with Gasteiger partial charge in [-0.3, -0.25) is 9.69 Å². The zero-order valence-corrected chi connectivity index (χ0v) is 16.6. The maximum absolute atomic E-state index is 12.6. The third-order valence-corrected chi connectivity index (χ3v) is 6.90. The Bertz CT molecular complexity index is 977. The predicted molar refractivity (Wildman–Crippen MR) is 105 cm³/mol. The Labute approximate surface area is 167 Å². The average molecular weight is 398 g/mol. The van der Waals surface area contributed by atoms with Crippen molar-refractivity contribution in [3.05, 3.63) is 57.7 Å². The summed E-state index contributed by atoms with van der Waals surface area (Å²) in [7, 11) is 0. The van der Waals surface area contributed by atoms with E-state index in [4.69, 9.17) is 4.42 Å². The molecule has 0 unspecified atom stereocenters. The molecule has 7 nitrogen and oxygen atoms in total. The maximum atomic E-state index is 12.6. The molecule has 0 aromatic carbocycles. The predicted octanol–water partition coefficient (Wildman–Crippen LogP) is 2.79. The standard InChI is InChI=1S/C20H23N5O2S/c1-13-5-8-28-17(13)12-24-10-14-4-6-25-18(16(14)11-24)22-23-19(25)20(26)21-9-15-3-2-7-27-15/h2-3,5,7-8,14,16H,4,6,9-12H2,1H3,(H,21,26)/t14-,16-/m1/s1. The first kappa shape index (κ1) is 17.6. The molecule has 2 aliphatic heterocycles. The van der Waals surface area contributed by atoms with E-state index >= 15 is 0 Å². The van der Waals surface area contributed by atoms with E-state index in [1.807, 2.05) is 28.0 Å². The summed E-state index contributed by atoms with van der Waals surface area (Å²) in [5.74, 6) is 2.85. The van der Waals surface area contributed by atoms with Crippen LogP contribution in [0.15, 0.2) is 34.3 Å². The van der Waals surface area contributed by atoms with Gasteiger partial charge in [0.25, 0.3) is 5.91 Å². The molecule has 1 N–H and O–H groups in total. The number of aromatic nitrogens is 3. The monoisotopic (exact) mass is 397 g/mol. The first-order valence-corrected chi connectivity index (χ1v) is 10.6. The molecule has 8 heteroatoms. The van der Waals surface area contributed by atoms with Gasteiger partial charge in [0.1, 0.15) is 11.6 Å². The molecule has 1 amide bonds. The summed E-state index contributed by atoms with van der Waals surface area (Å²) in [4.78, 5) is 16.6. The normalized spacial score (nSPS) is 21.5. The number of rotatable bonds is 5. The minimum Gasteiger partial charge on any atom is -0.467 e. The van der Waals surface area contributed by atoms with Crippen molar-refractivity contribution < 1.29 is 9.21 Å². The van der Waals surface area contributed by atoms with Gasteiger partial charge in [-0.25, -0.2) is 0 Å². The molecule has 146 valence electrons. The lowest BCUT2D eigenvalue weighted by Crippen LogP contribution is -2.30. The molecule has 1 saturated heterocycles. The number of aryl methyl sites for hydroxylation is 1. The van der Waals surface area contributed by atoms with Gasteiger partial charge in [0.05, 0.1) is 12.8 Å². The van der Waals surface area contributed by atoms with Gasteiger partial charge in [0.2, 0.25) is 5.82 Å². The van der Waals surface area contributed by atoms with Gasteiger partial charge in [-0.2, -0.15) is 0 Å². The fourth-order valence-corrected chi connectivity index (χ4v) is 5.32. The Balaban J connectivity index is 1.29. The number of fused-ring (bicyclic) bond motifs is 3. The minimum absolute atomic E-state index is 0.197. The van der Waals surface area contributed by atoms with Gasteiger partial charge >= 0.3 is 0 Å². The number of carbonyl (C=O) groups excluding carboxylic acids is 1. The van der Waals surface area contributed by atoms with Crippen LogP contribution in [-0.4, -0.2) is 38.7 Å². The molecule has 0 radical (unpaired) electrons. The lowest BCUT2D eigenvalue weighted by atomic mass is 9.89. The lowest BCUT2D eigenvalue weighted by Gasteiger charge is -2.25. The first-order chi connectivity index (χ1) is 13.7. The summed E-state index contributed by atoms with van der Waals surface area (Å²) in [6.07, 6.45) is 2.66. The van der Waals surface area contributed by atoms with E-state index in [0.29, 0.717) is 24.2 Å². The van der Waals surface area contributed by atoms with Gasteiger partial charge in [0, 0.05) is 37.0 Å². The molecule has 5 heterocycles. The van der Waals surface area contributed by atoms with Crippen molar-refractivity contribution in [1.29, 1.82) is 0 Å². The molecule has 2 atom stereocenters. The SMILES string of the molecule is Cc1ccsc1CN1C[C@H]2CCn3c(C(=O)NCc4ccco4)nnc3[C@@H]2C1. The fourth-order valence-electron chi connectivity index (χ4n) is 4.38. The highest BCUT2D eigenvalue weighted by molar-refractivity contribution is 7.10. The topological polar surface area (TPSA) is 76.2 Å². The fraction of sp³-hybridized carbons (Fsp3) is 0.450. The smallest absolute Gasteiger partial charge is 0.289 e. The molecule has 28 heavy (non-hydrogen) atoms. The molecule has 3 aromatic heterocycles. The van der Waals surface area contributed by atoms with Crippen molar-refractivity contribution in [1.82, 2.24) is 25.0 Å². The second-order valence-electron chi connectivity index (χ2n) is 7.67. The van der Waals surface area contributed by atoms with Crippen LogP contribution in [0.4, 0.5) is 0 Å². The van der Waals surface area contributed by atoms with Crippen molar-refractivity contribution in [3.63, 3.8) is 0 Å². The highest BCUT2D eigenvalue weighted by Gasteiger charge is 2.40. The van der Waals surface area contributed by atoms with E-state index in [2.05, 4.69) is 38.8 Å². The minimum atomic E-state index is -0.197. The Morgan fingerprint density at radius 1 is 1.36 bits per heavy atom. The van der Waals surface area contributed by atoms with Gasteiger partial charge < -0.3 is 14.3 Å².